The highest BCUT2D eigenvalue weighted by molar-refractivity contribution is 6.41. The lowest BCUT2D eigenvalue weighted by atomic mass is 10.0. The largest absolute Gasteiger partial charge is 0.507 e. The number of halogens is 4. The van der Waals surface area contributed by atoms with Crippen LogP contribution in [0.5, 0.6) is 0 Å². The van der Waals surface area contributed by atoms with Gasteiger partial charge >= 0.3 is 0 Å². The number of anilines is 1. The minimum atomic E-state index is -1.67. The third-order valence-electron chi connectivity index (χ3n) is 8.20. The smallest absolute Gasteiger partial charge is 0.294 e. The number of rotatable bonds is 9. The predicted octanol–water partition coefficient (Wildman–Crippen LogP) is 5.05. The zero-order valence-corrected chi connectivity index (χ0v) is 25.9. The van der Waals surface area contributed by atoms with Crippen LogP contribution in [0.3, 0.4) is 0 Å². The summed E-state index contributed by atoms with van der Waals surface area (Å²) in [6.07, 6.45) is 5.15. The van der Waals surface area contributed by atoms with E-state index in [1.54, 1.807) is 16.9 Å². The SMILES string of the molecule is O=C(/C=C(/O)c1cc(Cc2ccc(F)c(F)c2F)cn(Cc2cccc(F)c2)c1=O)C(=O)N1CCN(c2ccc(-n3cccn3)cc2)CC1. The van der Waals surface area contributed by atoms with Gasteiger partial charge in [0.05, 0.1) is 17.8 Å². The summed E-state index contributed by atoms with van der Waals surface area (Å²) < 4.78 is 58.7. The second-order valence-electron chi connectivity index (χ2n) is 11.5. The van der Waals surface area contributed by atoms with E-state index in [-0.39, 0.29) is 37.2 Å². The number of hydrogen-bond donors (Lipinski definition) is 1. The Morgan fingerprint density at radius 3 is 2.27 bits per heavy atom. The Balaban J connectivity index is 1.20. The highest BCUT2D eigenvalue weighted by Gasteiger charge is 2.26. The molecule has 0 radical (unpaired) electrons. The maximum atomic E-state index is 14.5. The highest BCUT2D eigenvalue weighted by atomic mass is 19.2. The molecule has 1 fully saturated rings. The summed E-state index contributed by atoms with van der Waals surface area (Å²) in [5.74, 6) is -7.77. The van der Waals surface area contributed by atoms with Crippen LogP contribution >= 0.6 is 0 Å². The van der Waals surface area contributed by atoms with Crippen LogP contribution < -0.4 is 10.5 Å². The van der Waals surface area contributed by atoms with Gasteiger partial charge < -0.3 is 19.5 Å². The average molecular weight is 672 g/mol. The fourth-order valence-electron chi connectivity index (χ4n) is 5.67. The molecule has 250 valence electrons. The molecule has 0 atom stereocenters. The first-order valence-corrected chi connectivity index (χ1v) is 15.3. The molecule has 1 saturated heterocycles. The molecule has 0 spiro atoms. The summed E-state index contributed by atoms with van der Waals surface area (Å²) in [5.41, 5.74) is 0.965. The van der Waals surface area contributed by atoms with Gasteiger partial charge in [-0.15, -0.1) is 0 Å². The Hall–Kier alpha value is -5.98. The van der Waals surface area contributed by atoms with Crippen LogP contribution in [0.1, 0.15) is 22.3 Å². The number of aliphatic hydroxyl groups is 1. The van der Waals surface area contributed by atoms with Crippen molar-refractivity contribution in [3.63, 3.8) is 0 Å². The topological polar surface area (TPSA) is 101 Å². The third kappa shape index (κ3) is 7.30. The lowest BCUT2D eigenvalue weighted by molar-refractivity contribution is -0.142. The van der Waals surface area contributed by atoms with Gasteiger partial charge in [-0.1, -0.05) is 18.2 Å². The number of nitrogens with zero attached hydrogens (tertiary/aromatic N) is 5. The molecule has 0 bridgehead atoms. The summed E-state index contributed by atoms with van der Waals surface area (Å²) in [5, 5.41) is 15.2. The van der Waals surface area contributed by atoms with Crippen molar-refractivity contribution < 1.29 is 32.3 Å². The molecule has 1 aliphatic rings. The average Bonchev–Trinajstić information content (AvgIpc) is 3.65. The summed E-state index contributed by atoms with van der Waals surface area (Å²) in [6.45, 7) is 1.19. The molecule has 1 N–H and O–H groups in total. The minimum absolute atomic E-state index is 0.173. The zero-order chi connectivity index (χ0) is 34.7. The number of piperazine rings is 1. The molecule has 1 aliphatic heterocycles. The van der Waals surface area contributed by atoms with E-state index in [1.165, 1.54) is 35.4 Å². The number of carbonyl (C=O) groups is 2. The number of amides is 1. The van der Waals surface area contributed by atoms with Crippen molar-refractivity contribution >= 4 is 23.1 Å². The molecule has 2 aromatic heterocycles. The number of aromatic nitrogens is 3. The van der Waals surface area contributed by atoms with Crippen LogP contribution in [-0.4, -0.2) is 62.2 Å². The molecule has 5 aromatic rings. The number of hydrogen-bond acceptors (Lipinski definition) is 6. The van der Waals surface area contributed by atoms with Crippen LogP contribution in [0.2, 0.25) is 0 Å². The fourth-order valence-corrected chi connectivity index (χ4v) is 5.67. The maximum Gasteiger partial charge on any atom is 0.294 e. The summed E-state index contributed by atoms with van der Waals surface area (Å²) in [6, 6.07) is 17.9. The second-order valence-corrected chi connectivity index (χ2v) is 11.5. The van der Waals surface area contributed by atoms with E-state index in [0.29, 0.717) is 24.7 Å². The van der Waals surface area contributed by atoms with Gasteiger partial charge in [0, 0.05) is 63.0 Å². The predicted molar refractivity (Wildman–Crippen MR) is 173 cm³/mol. The summed E-state index contributed by atoms with van der Waals surface area (Å²) in [7, 11) is 0. The van der Waals surface area contributed by atoms with Gasteiger partial charge in [-0.2, -0.15) is 5.10 Å². The number of pyridine rings is 1. The van der Waals surface area contributed by atoms with E-state index in [0.717, 1.165) is 28.1 Å². The van der Waals surface area contributed by atoms with Gasteiger partial charge in [0.1, 0.15) is 11.6 Å². The number of ketones is 1. The van der Waals surface area contributed by atoms with Crippen molar-refractivity contribution in [2.75, 3.05) is 31.1 Å². The van der Waals surface area contributed by atoms with Gasteiger partial charge in [0.25, 0.3) is 11.5 Å². The minimum Gasteiger partial charge on any atom is -0.507 e. The van der Waals surface area contributed by atoms with E-state index in [9.17, 15) is 37.1 Å². The van der Waals surface area contributed by atoms with Crippen molar-refractivity contribution in [2.45, 2.75) is 13.0 Å². The van der Waals surface area contributed by atoms with E-state index in [1.807, 2.05) is 36.5 Å². The van der Waals surface area contributed by atoms with E-state index in [4.69, 9.17) is 0 Å². The van der Waals surface area contributed by atoms with Crippen molar-refractivity contribution in [2.24, 2.45) is 0 Å². The second kappa shape index (κ2) is 14.0. The maximum absolute atomic E-state index is 14.5. The van der Waals surface area contributed by atoms with Gasteiger partial charge in [0.15, 0.2) is 17.5 Å². The molecule has 3 heterocycles. The van der Waals surface area contributed by atoms with Crippen LogP contribution in [0, 0.1) is 23.3 Å². The number of carbonyl (C=O) groups excluding carboxylic acids is 2. The Morgan fingerprint density at radius 2 is 1.57 bits per heavy atom. The van der Waals surface area contributed by atoms with Crippen LogP contribution in [0.25, 0.3) is 11.4 Å². The monoisotopic (exact) mass is 671 g/mol. The Bertz CT molecular complexity index is 2110. The Labute approximate surface area is 277 Å². The van der Waals surface area contributed by atoms with Crippen molar-refractivity contribution in [1.29, 1.82) is 0 Å². The van der Waals surface area contributed by atoms with Crippen molar-refractivity contribution in [1.82, 2.24) is 19.2 Å². The van der Waals surface area contributed by atoms with Crippen LogP contribution in [0.15, 0.2) is 102 Å². The fraction of sp³-hybridized carbons (Fsp3) is 0.167. The van der Waals surface area contributed by atoms with Crippen LogP contribution in [-0.2, 0) is 22.6 Å². The lowest BCUT2D eigenvalue weighted by Crippen LogP contribution is -2.50. The van der Waals surface area contributed by atoms with Gasteiger partial charge in [-0.25, -0.2) is 22.2 Å². The van der Waals surface area contributed by atoms with Crippen molar-refractivity contribution in [3.05, 3.63) is 153 Å². The molecular weight excluding hydrogens is 642 g/mol. The summed E-state index contributed by atoms with van der Waals surface area (Å²) in [4.78, 5) is 43.0. The Morgan fingerprint density at radius 1 is 0.837 bits per heavy atom. The lowest BCUT2D eigenvalue weighted by Gasteiger charge is -2.35. The van der Waals surface area contributed by atoms with Gasteiger partial charge in [0.2, 0.25) is 5.78 Å². The van der Waals surface area contributed by atoms with Crippen molar-refractivity contribution in [3.8, 4) is 5.69 Å². The molecule has 49 heavy (non-hydrogen) atoms. The molecule has 13 heteroatoms. The number of aliphatic hydroxyl groups excluding tert-OH is 1. The first kappa shape index (κ1) is 32.9. The van der Waals surface area contributed by atoms with E-state index >= 15 is 0 Å². The third-order valence-corrected chi connectivity index (χ3v) is 8.20. The first-order valence-electron chi connectivity index (χ1n) is 15.3. The first-order chi connectivity index (χ1) is 23.6. The van der Waals surface area contributed by atoms with Gasteiger partial charge in [-0.05, 0) is 71.3 Å². The molecule has 9 nitrogen and oxygen atoms in total. The standard InChI is InChI=1S/C36H29F4N5O4/c37-26-4-1-3-23(18-26)21-44-22-24(17-25-5-10-30(38)34(40)33(25)39)19-29(35(44)48)31(46)20-32(47)36(49)43-15-13-42(14-16-43)27-6-8-28(9-7-27)45-12-2-11-41-45/h1-12,18-20,22,46H,13-17,21H2/b31-20+. The normalized spacial score (nSPS) is 13.5. The van der Waals surface area contributed by atoms with E-state index < -0.39 is 51.8 Å². The molecule has 0 saturated carbocycles. The van der Waals surface area contributed by atoms with Crippen LogP contribution in [0.4, 0.5) is 23.2 Å². The molecule has 6 rings (SSSR count). The summed E-state index contributed by atoms with van der Waals surface area (Å²) >= 11 is 0. The molecule has 3 aromatic carbocycles. The quantitative estimate of drug-likeness (QED) is 0.0775. The van der Waals surface area contributed by atoms with E-state index in [2.05, 4.69) is 10.00 Å². The highest BCUT2D eigenvalue weighted by Crippen LogP contribution is 2.22. The molecular formula is C36H29F4N5O4. The Kier molecular flexibility index (Phi) is 9.42. The van der Waals surface area contributed by atoms with Gasteiger partial charge in [-0.3, -0.25) is 14.4 Å². The zero-order valence-electron chi connectivity index (χ0n) is 25.9. The molecule has 1 amide bonds. The molecule has 0 aliphatic carbocycles. The molecule has 0 unspecified atom stereocenters. The number of benzene rings is 3.